The summed E-state index contributed by atoms with van der Waals surface area (Å²) in [7, 11) is 0. The number of hydrogen-bond donors (Lipinski definition) is 1. The Morgan fingerprint density at radius 3 is 2.48 bits per heavy atom. The Kier molecular flexibility index (Phi) is 6.27. The van der Waals surface area contributed by atoms with Gasteiger partial charge in [0.1, 0.15) is 0 Å². The van der Waals surface area contributed by atoms with Crippen LogP contribution in [0.25, 0.3) is 22.3 Å². The fraction of sp³-hybridized carbons (Fsp3) is 0.391. The third kappa shape index (κ3) is 4.44. The number of hydrogen-bond acceptors (Lipinski definition) is 5. The average Bonchev–Trinajstić information content (AvgIpc) is 3.22. The molecular weight excluding hydrogens is 392 g/mol. The lowest BCUT2D eigenvalue weighted by Gasteiger charge is -2.34. The Balaban J connectivity index is 1.59. The summed E-state index contributed by atoms with van der Waals surface area (Å²) in [5.74, 6) is 0.00972. The van der Waals surface area contributed by atoms with Crippen molar-refractivity contribution in [3.05, 3.63) is 48.2 Å². The van der Waals surface area contributed by atoms with E-state index in [1.165, 1.54) is 0 Å². The fourth-order valence-electron chi connectivity index (χ4n) is 3.95. The number of aryl methyl sites for hydroxylation is 1. The van der Waals surface area contributed by atoms with E-state index in [2.05, 4.69) is 15.3 Å². The van der Waals surface area contributed by atoms with Crippen molar-refractivity contribution in [2.75, 3.05) is 39.3 Å². The highest BCUT2D eigenvalue weighted by Gasteiger charge is 2.26. The molecule has 1 aliphatic heterocycles. The number of benzene rings is 1. The van der Waals surface area contributed by atoms with E-state index in [0.29, 0.717) is 51.4 Å². The highest BCUT2D eigenvalue weighted by Crippen LogP contribution is 2.26. The molecule has 0 unspecified atom stereocenters. The van der Waals surface area contributed by atoms with Crippen molar-refractivity contribution in [3.8, 4) is 11.3 Å². The number of carbonyl (C=O) groups is 2. The van der Waals surface area contributed by atoms with E-state index in [1.807, 2.05) is 59.8 Å². The molecule has 4 rings (SSSR count). The molecule has 0 aliphatic carbocycles. The molecule has 8 heteroatoms. The molecule has 0 atom stereocenters. The van der Waals surface area contributed by atoms with Gasteiger partial charge >= 0.3 is 0 Å². The first-order chi connectivity index (χ1) is 15.1. The van der Waals surface area contributed by atoms with Crippen LogP contribution in [0.3, 0.4) is 0 Å². The summed E-state index contributed by atoms with van der Waals surface area (Å²) in [6.07, 6.45) is 1.74. The smallest absolute Gasteiger partial charge is 0.254 e. The molecule has 3 heterocycles. The van der Waals surface area contributed by atoms with Gasteiger partial charge in [0, 0.05) is 44.8 Å². The molecule has 0 bridgehead atoms. The van der Waals surface area contributed by atoms with Gasteiger partial charge in [-0.1, -0.05) is 30.3 Å². The largest absolute Gasteiger partial charge is 0.355 e. The number of fused-ring (bicyclic) bond motifs is 1. The van der Waals surface area contributed by atoms with Crippen LogP contribution in [0.2, 0.25) is 0 Å². The summed E-state index contributed by atoms with van der Waals surface area (Å²) in [5, 5.41) is 8.03. The molecule has 2 aromatic heterocycles. The Labute approximate surface area is 181 Å². The summed E-state index contributed by atoms with van der Waals surface area (Å²) in [6, 6.07) is 11.8. The highest BCUT2D eigenvalue weighted by atomic mass is 16.2. The Morgan fingerprint density at radius 2 is 1.81 bits per heavy atom. The van der Waals surface area contributed by atoms with Gasteiger partial charge in [0.2, 0.25) is 5.91 Å². The van der Waals surface area contributed by atoms with Crippen LogP contribution in [0.5, 0.6) is 0 Å². The maximum absolute atomic E-state index is 13.5. The van der Waals surface area contributed by atoms with Crippen LogP contribution >= 0.6 is 0 Å². The van der Waals surface area contributed by atoms with Crippen LogP contribution in [0.1, 0.15) is 24.2 Å². The fourth-order valence-corrected chi connectivity index (χ4v) is 3.95. The summed E-state index contributed by atoms with van der Waals surface area (Å²) in [6.45, 7) is 8.14. The normalized spacial score (nSPS) is 14.7. The molecule has 1 aromatic carbocycles. The van der Waals surface area contributed by atoms with Gasteiger partial charge in [-0.25, -0.2) is 9.67 Å². The summed E-state index contributed by atoms with van der Waals surface area (Å²) in [4.78, 5) is 34.1. The van der Waals surface area contributed by atoms with Gasteiger partial charge < -0.3 is 10.2 Å². The molecule has 1 fully saturated rings. The third-order valence-electron chi connectivity index (χ3n) is 5.61. The lowest BCUT2D eigenvalue weighted by molar-refractivity contribution is -0.122. The van der Waals surface area contributed by atoms with Crippen molar-refractivity contribution in [1.82, 2.24) is 29.9 Å². The molecule has 31 heavy (non-hydrogen) atoms. The zero-order valence-electron chi connectivity index (χ0n) is 18.0. The minimum absolute atomic E-state index is 0.0158. The second-order valence-corrected chi connectivity index (χ2v) is 7.64. The average molecular weight is 421 g/mol. The monoisotopic (exact) mass is 420 g/mol. The van der Waals surface area contributed by atoms with E-state index in [0.717, 1.165) is 22.3 Å². The van der Waals surface area contributed by atoms with Gasteiger partial charge in [0.15, 0.2) is 5.65 Å². The molecule has 1 N–H and O–H groups in total. The van der Waals surface area contributed by atoms with E-state index in [-0.39, 0.29) is 11.8 Å². The van der Waals surface area contributed by atoms with Crippen molar-refractivity contribution in [3.63, 3.8) is 0 Å². The first-order valence-corrected chi connectivity index (χ1v) is 10.8. The molecule has 2 amide bonds. The summed E-state index contributed by atoms with van der Waals surface area (Å²) in [5.41, 5.74) is 3.08. The molecule has 0 radical (unpaired) electrons. The van der Waals surface area contributed by atoms with Gasteiger partial charge in [0.05, 0.1) is 29.4 Å². The standard InChI is InChI=1S/C23H28N6O2/c1-3-24-21(30)16-27-10-12-28(13-11-27)23(31)18-14-20(17-8-6-5-7-9-17)26-22-19(18)15-25-29(22)4-2/h5-9,14-15H,3-4,10-13,16H2,1-2H3,(H,24,30). The molecule has 1 aliphatic rings. The molecule has 8 nitrogen and oxygen atoms in total. The Morgan fingerprint density at radius 1 is 1.06 bits per heavy atom. The number of aromatic nitrogens is 3. The SMILES string of the molecule is CCNC(=O)CN1CCN(C(=O)c2cc(-c3ccccc3)nc3c2cnn3CC)CC1. The van der Waals surface area contributed by atoms with Crippen molar-refractivity contribution in [2.45, 2.75) is 20.4 Å². The van der Waals surface area contributed by atoms with Gasteiger partial charge in [0.25, 0.3) is 5.91 Å². The number of rotatable bonds is 6. The molecule has 3 aromatic rings. The predicted molar refractivity (Wildman–Crippen MR) is 120 cm³/mol. The minimum atomic E-state index is -0.0158. The van der Waals surface area contributed by atoms with E-state index >= 15 is 0 Å². The van der Waals surface area contributed by atoms with Crippen molar-refractivity contribution < 1.29 is 9.59 Å². The first-order valence-electron chi connectivity index (χ1n) is 10.8. The zero-order valence-corrected chi connectivity index (χ0v) is 18.0. The lowest BCUT2D eigenvalue weighted by Crippen LogP contribution is -2.51. The minimum Gasteiger partial charge on any atom is -0.355 e. The molecule has 0 saturated carbocycles. The van der Waals surface area contributed by atoms with E-state index in [9.17, 15) is 9.59 Å². The van der Waals surface area contributed by atoms with Gasteiger partial charge in [-0.15, -0.1) is 0 Å². The van der Waals surface area contributed by atoms with Crippen molar-refractivity contribution in [2.24, 2.45) is 0 Å². The number of amides is 2. The maximum Gasteiger partial charge on any atom is 0.254 e. The van der Waals surface area contributed by atoms with Crippen LogP contribution in [0.15, 0.2) is 42.6 Å². The predicted octanol–water partition coefficient (Wildman–Crippen LogP) is 2.01. The van der Waals surface area contributed by atoms with Crippen LogP contribution in [-0.2, 0) is 11.3 Å². The van der Waals surface area contributed by atoms with Crippen LogP contribution in [0, 0.1) is 0 Å². The number of piperazine rings is 1. The Bertz CT molecular complexity index is 1070. The van der Waals surface area contributed by atoms with E-state index in [1.54, 1.807) is 6.20 Å². The van der Waals surface area contributed by atoms with Crippen LogP contribution in [0.4, 0.5) is 0 Å². The zero-order chi connectivity index (χ0) is 21.8. The van der Waals surface area contributed by atoms with Gasteiger partial charge in [-0.05, 0) is 19.9 Å². The molecule has 1 saturated heterocycles. The summed E-state index contributed by atoms with van der Waals surface area (Å²) < 4.78 is 1.82. The second-order valence-electron chi connectivity index (χ2n) is 7.64. The summed E-state index contributed by atoms with van der Waals surface area (Å²) >= 11 is 0. The van der Waals surface area contributed by atoms with E-state index < -0.39 is 0 Å². The number of nitrogens with zero attached hydrogens (tertiary/aromatic N) is 5. The lowest BCUT2D eigenvalue weighted by atomic mass is 10.1. The van der Waals surface area contributed by atoms with Crippen LogP contribution < -0.4 is 5.32 Å². The quantitative estimate of drug-likeness (QED) is 0.660. The van der Waals surface area contributed by atoms with E-state index in [4.69, 9.17) is 4.98 Å². The number of nitrogens with one attached hydrogen (secondary N) is 1. The number of carbonyl (C=O) groups excluding carboxylic acids is 2. The molecular formula is C23H28N6O2. The third-order valence-corrected chi connectivity index (χ3v) is 5.61. The van der Waals surface area contributed by atoms with Gasteiger partial charge in [-0.3, -0.25) is 14.5 Å². The number of likely N-dealkylation sites (N-methyl/N-ethyl adjacent to an activating group) is 1. The molecule has 162 valence electrons. The number of pyridine rings is 1. The molecule has 0 spiro atoms. The highest BCUT2D eigenvalue weighted by molar-refractivity contribution is 6.06. The van der Waals surface area contributed by atoms with Gasteiger partial charge in [-0.2, -0.15) is 5.10 Å². The first kappa shape index (κ1) is 21.0. The maximum atomic E-state index is 13.5. The second kappa shape index (κ2) is 9.26. The van der Waals surface area contributed by atoms with Crippen molar-refractivity contribution >= 4 is 22.8 Å². The van der Waals surface area contributed by atoms with Crippen LogP contribution in [-0.4, -0.2) is 75.6 Å². The topological polar surface area (TPSA) is 83.4 Å². The van der Waals surface area contributed by atoms with Crippen molar-refractivity contribution in [1.29, 1.82) is 0 Å². The Hall–Kier alpha value is -3.26.